The SMILES string of the molecule is Cc1ccc2c(c1)nc(-c1nc[nH]c1C(=O)O)n2C1CC1. The van der Waals surface area contributed by atoms with Crippen molar-refractivity contribution in [1.29, 1.82) is 0 Å². The number of rotatable bonds is 3. The van der Waals surface area contributed by atoms with Gasteiger partial charge in [0.2, 0.25) is 0 Å². The highest BCUT2D eigenvalue weighted by molar-refractivity contribution is 5.93. The van der Waals surface area contributed by atoms with Gasteiger partial charge in [0.1, 0.15) is 5.69 Å². The lowest BCUT2D eigenvalue weighted by molar-refractivity contribution is 0.0692. The normalized spacial score (nSPS) is 14.7. The molecule has 0 atom stereocenters. The Labute approximate surface area is 120 Å². The molecule has 6 nitrogen and oxygen atoms in total. The number of aromatic carboxylic acids is 1. The molecule has 6 heteroatoms. The van der Waals surface area contributed by atoms with Gasteiger partial charge < -0.3 is 14.7 Å². The summed E-state index contributed by atoms with van der Waals surface area (Å²) in [5.74, 6) is -0.384. The summed E-state index contributed by atoms with van der Waals surface area (Å²) in [5, 5.41) is 9.27. The quantitative estimate of drug-likeness (QED) is 0.773. The second-order valence-electron chi connectivity index (χ2n) is 5.46. The molecule has 1 aliphatic rings. The van der Waals surface area contributed by atoms with Crippen molar-refractivity contribution < 1.29 is 9.90 Å². The predicted molar refractivity (Wildman–Crippen MR) is 77.3 cm³/mol. The summed E-state index contributed by atoms with van der Waals surface area (Å²) in [6.07, 6.45) is 3.60. The van der Waals surface area contributed by atoms with Gasteiger partial charge in [0.25, 0.3) is 0 Å². The molecule has 4 rings (SSSR count). The minimum absolute atomic E-state index is 0.0870. The number of imidazole rings is 2. The molecule has 0 aliphatic heterocycles. The van der Waals surface area contributed by atoms with E-state index in [9.17, 15) is 9.90 Å². The van der Waals surface area contributed by atoms with Crippen LogP contribution in [0.5, 0.6) is 0 Å². The van der Waals surface area contributed by atoms with Crippen LogP contribution in [0.2, 0.25) is 0 Å². The predicted octanol–water partition coefficient (Wildman–Crippen LogP) is 2.77. The first-order valence-corrected chi connectivity index (χ1v) is 6.91. The minimum atomic E-state index is -1.02. The number of hydrogen-bond acceptors (Lipinski definition) is 3. The molecule has 0 bridgehead atoms. The first kappa shape index (κ1) is 12.1. The van der Waals surface area contributed by atoms with Gasteiger partial charge in [0.15, 0.2) is 11.5 Å². The van der Waals surface area contributed by atoms with Crippen molar-refractivity contribution in [2.45, 2.75) is 25.8 Å². The van der Waals surface area contributed by atoms with Crippen LogP contribution < -0.4 is 0 Å². The number of carboxylic acid groups (broad SMARTS) is 1. The van der Waals surface area contributed by atoms with Crippen molar-refractivity contribution in [3.63, 3.8) is 0 Å². The van der Waals surface area contributed by atoms with Crippen LogP contribution in [0.15, 0.2) is 24.5 Å². The van der Waals surface area contributed by atoms with Crippen LogP contribution in [0.25, 0.3) is 22.6 Å². The Morgan fingerprint density at radius 1 is 1.43 bits per heavy atom. The zero-order valence-corrected chi connectivity index (χ0v) is 11.5. The monoisotopic (exact) mass is 282 g/mol. The molecule has 106 valence electrons. The summed E-state index contributed by atoms with van der Waals surface area (Å²) in [4.78, 5) is 22.8. The third-order valence-corrected chi connectivity index (χ3v) is 3.82. The van der Waals surface area contributed by atoms with E-state index in [1.165, 1.54) is 6.33 Å². The van der Waals surface area contributed by atoms with Crippen LogP contribution in [0.1, 0.15) is 34.9 Å². The zero-order valence-electron chi connectivity index (χ0n) is 11.5. The number of nitrogens with zero attached hydrogens (tertiary/aromatic N) is 3. The molecule has 0 radical (unpaired) electrons. The average molecular weight is 282 g/mol. The molecule has 0 saturated heterocycles. The maximum absolute atomic E-state index is 11.3. The van der Waals surface area contributed by atoms with Crippen molar-refractivity contribution in [2.75, 3.05) is 0 Å². The van der Waals surface area contributed by atoms with Crippen molar-refractivity contribution in [3.8, 4) is 11.5 Å². The molecule has 1 fully saturated rings. The van der Waals surface area contributed by atoms with Crippen molar-refractivity contribution in [3.05, 3.63) is 35.8 Å². The molecule has 3 aromatic rings. The van der Waals surface area contributed by atoms with Gasteiger partial charge in [-0.1, -0.05) is 6.07 Å². The molecular formula is C15H14N4O2. The second-order valence-corrected chi connectivity index (χ2v) is 5.46. The van der Waals surface area contributed by atoms with Crippen molar-refractivity contribution >= 4 is 17.0 Å². The summed E-state index contributed by atoms with van der Waals surface area (Å²) in [5.41, 5.74) is 3.55. The van der Waals surface area contributed by atoms with Gasteiger partial charge in [-0.15, -0.1) is 0 Å². The van der Waals surface area contributed by atoms with Gasteiger partial charge in [-0.2, -0.15) is 0 Å². The lowest BCUT2D eigenvalue weighted by atomic mass is 10.2. The van der Waals surface area contributed by atoms with Gasteiger partial charge in [0, 0.05) is 6.04 Å². The van der Waals surface area contributed by atoms with Crippen LogP contribution in [-0.2, 0) is 0 Å². The molecule has 0 spiro atoms. The van der Waals surface area contributed by atoms with E-state index in [1.54, 1.807) is 0 Å². The van der Waals surface area contributed by atoms with Gasteiger partial charge in [0.05, 0.1) is 17.4 Å². The molecule has 1 aromatic carbocycles. The number of benzene rings is 1. The molecule has 1 aliphatic carbocycles. The molecule has 0 amide bonds. The van der Waals surface area contributed by atoms with Crippen molar-refractivity contribution in [1.82, 2.24) is 19.5 Å². The fourth-order valence-electron chi connectivity index (χ4n) is 2.71. The maximum atomic E-state index is 11.3. The minimum Gasteiger partial charge on any atom is -0.477 e. The van der Waals surface area contributed by atoms with E-state index in [0.29, 0.717) is 17.6 Å². The molecule has 2 aromatic heterocycles. The first-order chi connectivity index (χ1) is 10.1. The molecule has 0 unspecified atom stereocenters. The third-order valence-electron chi connectivity index (χ3n) is 3.82. The molecule has 2 heterocycles. The Balaban J connectivity index is 2.01. The summed E-state index contributed by atoms with van der Waals surface area (Å²) in [7, 11) is 0. The molecule has 1 saturated carbocycles. The Hall–Kier alpha value is -2.63. The zero-order chi connectivity index (χ0) is 14.6. The number of aromatic nitrogens is 4. The van der Waals surface area contributed by atoms with Crippen LogP contribution in [0.3, 0.4) is 0 Å². The van der Waals surface area contributed by atoms with Crippen LogP contribution >= 0.6 is 0 Å². The highest BCUT2D eigenvalue weighted by atomic mass is 16.4. The van der Waals surface area contributed by atoms with E-state index in [-0.39, 0.29) is 5.69 Å². The van der Waals surface area contributed by atoms with Crippen LogP contribution in [0, 0.1) is 6.92 Å². The fraction of sp³-hybridized carbons (Fsp3) is 0.267. The lowest BCUT2D eigenvalue weighted by Crippen LogP contribution is -2.04. The summed E-state index contributed by atoms with van der Waals surface area (Å²) in [6, 6.07) is 6.51. The summed E-state index contributed by atoms with van der Waals surface area (Å²) < 4.78 is 2.12. The molecule has 21 heavy (non-hydrogen) atoms. The Bertz CT molecular complexity index is 858. The first-order valence-electron chi connectivity index (χ1n) is 6.91. The summed E-state index contributed by atoms with van der Waals surface area (Å²) in [6.45, 7) is 2.02. The van der Waals surface area contributed by atoms with E-state index in [0.717, 1.165) is 29.4 Å². The largest absolute Gasteiger partial charge is 0.477 e. The molecule has 2 N–H and O–H groups in total. The number of H-pyrrole nitrogens is 1. The fourth-order valence-corrected chi connectivity index (χ4v) is 2.71. The Morgan fingerprint density at radius 2 is 2.24 bits per heavy atom. The standard InChI is InChI=1S/C15H14N4O2/c1-8-2-5-11-10(6-8)18-14(19(11)9-3-4-9)12-13(15(20)21)17-7-16-12/h2,5-7,9H,3-4H2,1H3,(H,16,17)(H,20,21). The van der Waals surface area contributed by atoms with E-state index in [1.807, 2.05) is 19.1 Å². The smallest absolute Gasteiger partial charge is 0.354 e. The van der Waals surface area contributed by atoms with Crippen LogP contribution in [-0.4, -0.2) is 30.6 Å². The van der Waals surface area contributed by atoms with Gasteiger partial charge >= 0.3 is 5.97 Å². The van der Waals surface area contributed by atoms with Gasteiger partial charge in [-0.3, -0.25) is 0 Å². The van der Waals surface area contributed by atoms with E-state index in [4.69, 9.17) is 0 Å². The highest BCUT2D eigenvalue weighted by Crippen LogP contribution is 2.41. The number of fused-ring (bicyclic) bond motifs is 1. The number of aromatic amines is 1. The third kappa shape index (κ3) is 1.83. The highest BCUT2D eigenvalue weighted by Gasteiger charge is 2.31. The average Bonchev–Trinajstić information content (AvgIpc) is 3.03. The Kier molecular flexibility index (Phi) is 2.42. The number of carbonyl (C=O) groups is 1. The number of nitrogens with one attached hydrogen (secondary N) is 1. The van der Waals surface area contributed by atoms with E-state index >= 15 is 0 Å². The van der Waals surface area contributed by atoms with Gasteiger partial charge in [-0.05, 0) is 37.5 Å². The number of hydrogen-bond donors (Lipinski definition) is 2. The molecular weight excluding hydrogens is 268 g/mol. The van der Waals surface area contributed by atoms with Crippen LogP contribution in [0.4, 0.5) is 0 Å². The number of aryl methyl sites for hydroxylation is 1. The van der Waals surface area contributed by atoms with Crippen molar-refractivity contribution in [2.24, 2.45) is 0 Å². The van der Waals surface area contributed by atoms with E-state index < -0.39 is 5.97 Å². The maximum Gasteiger partial charge on any atom is 0.354 e. The topological polar surface area (TPSA) is 83.8 Å². The summed E-state index contributed by atoms with van der Waals surface area (Å²) >= 11 is 0. The number of carboxylic acids is 1. The van der Waals surface area contributed by atoms with Gasteiger partial charge in [-0.25, -0.2) is 14.8 Å². The van der Waals surface area contributed by atoms with E-state index in [2.05, 4.69) is 25.6 Å². The lowest BCUT2D eigenvalue weighted by Gasteiger charge is -2.06. The Morgan fingerprint density at radius 3 is 2.95 bits per heavy atom. The second kappa shape index (κ2) is 4.18.